The Bertz CT molecular complexity index is 806. The first kappa shape index (κ1) is 16.5. The summed E-state index contributed by atoms with van der Waals surface area (Å²) in [6.45, 7) is 0. The summed E-state index contributed by atoms with van der Waals surface area (Å²) in [7, 11) is -2.87. The summed E-state index contributed by atoms with van der Waals surface area (Å²) >= 11 is 11.4. The number of hydrogen-bond acceptors (Lipinski definition) is 6. The van der Waals surface area contributed by atoms with Crippen molar-refractivity contribution in [2.24, 2.45) is 0 Å². The highest BCUT2D eigenvalue weighted by Crippen LogP contribution is 2.24. The fourth-order valence-corrected chi connectivity index (χ4v) is 2.72. The number of ether oxygens (including phenoxy) is 1. The van der Waals surface area contributed by atoms with Crippen LogP contribution in [0.4, 0.5) is 0 Å². The van der Waals surface area contributed by atoms with Crippen LogP contribution in [0.15, 0.2) is 41.4 Å². The van der Waals surface area contributed by atoms with Gasteiger partial charge in [0.25, 0.3) is 0 Å². The van der Waals surface area contributed by atoms with Gasteiger partial charge in [-0.05, 0) is 30.3 Å². The van der Waals surface area contributed by atoms with Crippen LogP contribution in [-0.4, -0.2) is 26.5 Å². The van der Waals surface area contributed by atoms with Crippen molar-refractivity contribution in [1.29, 1.82) is 0 Å². The summed E-state index contributed by atoms with van der Waals surface area (Å²) in [5.41, 5.74) is 0.267. The van der Waals surface area contributed by atoms with E-state index in [1.54, 1.807) is 0 Å². The number of aromatic nitrogens is 1. The minimum Gasteiger partial charge on any atom is -0.465 e. The number of carbonyl (C=O) groups excluding carboxylic acids is 1. The minimum absolute atomic E-state index is 0.00705. The molecule has 1 heterocycles. The molecule has 0 radical (unpaired) electrons. The van der Waals surface area contributed by atoms with Gasteiger partial charge in [0.2, 0.25) is 0 Å². The lowest BCUT2D eigenvalue weighted by atomic mass is 10.2. The highest BCUT2D eigenvalue weighted by atomic mass is 35.5. The molecular weight excluding hydrogens is 353 g/mol. The van der Waals surface area contributed by atoms with Crippen molar-refractivity contribution >= 4 is 39.3 Å². The van der Waals surface area contributed by atoms with Crippen LogP contribution in [-0.2, 0) is 14.9 Å². The number of methoxy groups -OCH3 is 1. The maximum Gasteiger partial charge on any atom is 0.340 e. The van der Waals surface area contributed by atoms with Crippen molar-refractivity contribution in [2.45, 2.75) is 4.90 Å². The Labute approximate surface area is 136 Å². The van der Waals surface area contributed by atoms with Gasteiger partial charge >= 0.3 is 16.1 Å². The van der Waals surface area contributed by atoms with E-state index in [2.05, 4.69) is 9.72 Å². The summed E-state index contributed by atoms with van der Waals surface area (Å²) in [6.07, 6.45) is 1.03. The predicted octanol–water partition coefficient (Wildman–Crippen LogP) is 2.94. The fourth-order valence-electron chi connectivity index (χ4n) is 1.48. The molecule has 0 aliphatic carbocycles. The smallest absolute Gasteiger partial charge is 0.340 e. The Hall–Kier alpha value is -1.83. The van der Waals surface area contributed by atoms with E-state index in [1.165, 1.54) is 31.4 Å². The van der Waals surface area contributed by atoms with Crippen molar-refractivity contribution in [3.05, 3.63) is 52.3 Å². The molecule has 6 nitrogen and oxygen atoms in total. The normalized spacial score (nSPS) is 11.0. The first-order valence-corrected chi connectivity index (χ1v) is 7.94. The molecule has 0 bridgehead atoms. The number of benzene rings is 1. The van der Waals surface area contributed by atoms with E-state index < -0.39 is 16.1 Å². The SMILES string of the molecule is COC(=O)c1ccc(OS(=O)(=O)c2cnc(Cl)c(Cl)c2)cc1. The molecule has 2 rings (SSSR count). The highest BCUT2D eigenvalue weighted by Gasteiger charge is 2.19. The van der Waals surface area contributed by atoms with Gasteiger partial charge in [-0.2, -0.15) is 8.42 Å². The van der Waals surface area contributed by atoms with E-state index in [0.717, 1.165) is 12.3 Å². The van der Waals surface area contributed by atoms with Gasteiger partial charge in [0.15, 0.2) is 0 Å². The fraction of sp³-hybridized carbons (Fsp3) is 0.0769. The molecule has 0 aliphatic heterocycles. The van der Waals surface area contributed by atoms with Crippen LogP contribution in [0.3, 0.4) is 0 Å². The number of carbonyl (C=O) groups is 1. The van der Waals surface area contributed by atoms with E-state index >= 15 is 0 Å². The summed E-state index contributed by atoms with van der Waals surface area (Å²) in [4.78, 5) is 14.7. The molecule has 0 amide bonds. The monoisotopic (exact) mass is 361 g/mol. The zero-order valence-corrected chi connectivity index (χ0v) is 13.4. The summed E-state index contributed by atoms with van der Waals surface area (Å²) in [5, 5.41) is -0.0181. The van der Waals surface area contributed by atoms with Gasteiger partial charge in [0.05, 0.1) is 23.9 Å². The standard InChI is InChI=1S/C13H9Cl2NO5S/c1-20-13(17)8-2-4-9(5-3-8)21-22(18,19)10-6-11(14)12(15)16-7-10/h2-7H,1H3. The molecule has 116 valence electrons. The number of halogens is 2. The van der Waals surface area contributed by atoms with Gasteiger partial charge < -0.3 is 8.92 Å². The Morgan fingerprint density at radius 2 is 1.82 bits per heavy atom. The number of esters is 1. The van der Waals surface area contributed by atoms with Gasteiger partial charge in [-0.25, -0.2) is 9.78 Å². The van der Waals surface area contributed by atoms with Crippen molar-refractivity contribution in [2.75, 3.05) is 7.11 Å². The molecule has 0 spiro atoms. The molecule has 0 atom stereocenters. The molecule has 1 aromatic carbocycles. The average molecular weight is 362 g/mol. The Balaban J connectivity index is 2.25. The zero-order valence-electron chi connectivity index (χ0n) is 11.1. The lowest BCUT2D eigenvalue weighted by Crippen LogP contribution is -2.10. The molecule has 1 aromatic heterocycles. The third-order valence-electron chi connectivity index (χ3n) is 2.54. The van der Waals surface area contributed by atoms with Crippen molar-refractivity contribution < 1.29 is 22.1 Å². The van der Waals surface area contributed by atoms with Crippen molar-refractivity contribution in [3.8, 4) is 5.75 Å². The topological polar surface area (TPSA) is 82.6 Å². The summed E-state index contributed by atoms with van der Waals surface area (Å²) in [6, 6.07) is 6.55. The molecule has 0 N–H and O–H groups in total. The molecule has 9 heteroatoms. The summed E-state index contributed by atoms with van der Waals surface area (Å²) in [5.74, 6) is -0.512. The van der Waals surface area contributed by atoms with Crippen LogP contribution in [0.5, 0.6) is 5.75 Å². The Kier molecular flexibility index (Phi) is 4.90. The number of nitrogens with zero attached hydrogens (tertiary/aromatic N) is 1. The zero-order chi connectivity index (χ0) is 16.3. The van der Waals surface area contributed by atoms with Gasteiger partial charge in [0, 0.05) is 0 Å². The van der Waals surface area contributed by atoms with Crippen LogP contribution in [0.25, 0.3) is 0 Å². The second kappa shape index (κ2) is 6.51. The molecule has 22 heavy (non-hydrogen) atoms. The van der Waals surface area contributed by atoms with Crippen LogP contribution >= 0.6 is 23.2 Å². The summed E-state index contributed by atoms with van der Waals surface area (Å²) < 4.78 is 33.6. The van der Waals surface area contributed by atoms with Gasteiger partial charge in [-0.1, -0.05) is 23.2 Å². The molecule has 0 fully saturated rings. The molecular formula is C13H9Cl2NO5S. The highest BCUT2D eigenvalue weighted by molar-refractivity contribution is 7.87. The predicted molar refractivity (Wildman–Crippen MR) is 79.9 cm³/mol. The third kappa shape index (κ3) is 3.68. The van der Waals surface area contributed by atoms with Crippen molar-refractivity contribution in [3.63, 3.8) is 0 Å². The second-order valence-electron chi connectivity index (χ2n) is 4.00. The van der Waals surface area contributed by atoms with Crippen molar-refractivity contribution in [1.82, 2.24) is 4.98 Å². The minimum atomic E-state index is -4.11. The average Bonchev–Trinajstić information content (AvgIpc) is 2.49. The van der Waals surface area contributed by atoms with Crippen LogP contribution in [0.1, 0.15) is 10.4 Å². The van der Waals surface area contributed by atoms with Crippen LogP contribution < -0.4 is 4.18 Å². The van der Waals surface area contributed by atoms with E-state index in [1.807, 2.05) is 0 Å². The molecule has 0 aliphatic rings. The lowest BCUT2D eigenvalue weighted by molar-refractivity contribution is 0.0600. The first-order chi connectivity index (χ1) is 10.3. The van der Waals surface area contributed by atoms with E-state index in [-0.39, 0.29) is 26.4 Å². The second-order valence-corrected chi connectivity index (χ2v) is 6.31. The number of rotatable bonds is 4. The van der Waals surface area contributed by atoms with Gasteiger partial charge in [0.1, 0.15) is 15.8 Å². The largest absolute Gasteiger partial charge is 0.465 e. The maximum atomic E-state index is 12.1. The van der Waals surface area contributed by atoms with Crippen LogP contribution in [0, 0.1) is 0 Å². The Morgan fingerprint density at radius 3 is 2.36 bits per heavy atom. The van der Waals surface area contributed by atoms with Gasteiger partial charge in [-0.15, -0.1) is 0 Å². The maximum absolute atomic E-state index is 12.1. The van der Waals surface area contributed by atoms with E-state index in [0.29, 0.717) is 0 Å². The lowest BCUT2D eigenvalue weighted by Gasteiger charge is -2.08. The quantitative estimate of drug-likeness (QED) is 0.473. The molecule has 0 unspecified atom stereocenters. The number of hydrogen-bond donors (Lipinski definition) is 0. The Morgan fingerprint density at radius 1 is 1.18 bits per heavy atom. The first-order valence-electron chi connectivity index (χ1n) is 5.77. The molecule has 0 saturated heterocycles. The van der Waals surface area contributed by atoms with E-state index in [9.17, 15) is 13.2 Å². The third-order valence-corrected chi connectivity index (χ3v) is 4.44. The van der Waals surface area contributed by atoms with E-state index in [4.69, 9.17) is 27.4 Å². The molecule has 0 saturated carbocycles. The van der Waals surface area contributed by atoms with Gasteiger partial charge in [-0.3, -0.25) is 0 Å². The van der Waals surface area contributed by atoms with Crippen LogP contribution in [0.2, 0.25) is 10.2 Å². The molecule has 2 aromatic rings. The number of pyridine rings is 1.